The van der Waals surface area contributed by atoms with E-state index in [1.165, 1.54) is 5.56 Å². The van der Waals surface area contributed by atoms with Gasteiger partial charge in [-0.05, 0) is 34.9 Å². The van der Waals surface area contributed by atoms with Crippen LogP contribution in [0.2, 0.25) is 0 Å². The summed E-state index contributed by atoms with van der Waals surface area (Å²) in [6.07, 6.45) is 0. The molecule has 0 fully saturated rings. The molecule has 0 radical (unpaired) electrons. The minimum absolute atomic E-state index is 0.518. The molecule has 0 amide bonds. The van der Waals surface area contributed by atoms with Gasteiger partial charge in [0.15, 0.2) is 0 Å². The van der Waals surface area contributed by atoms with Gasteiger partial charge >= 0.3 is 0 Å². The Bertz CT molecular complexity index is 935. The third-order valence-electron chi connectivity index (χ3n) is 4.02. The Morgan fingerprint density at radius 2 is 1.70 bits per heavy atom. The normalized spacial score (nSPS) is 11.4. The van der Waals surface area contributed by atoms with Crippen molar-refractivity contribution in [2.45, 2.75) is 19.8 Å². The lowest BCUT2D eigenvalue weighted by Gasteiger charge is -2.06. The number of aromatic nitrogens is 6. The molecule has 6 heteroatoms. The number of hydrogen-bond acceptors (Lipinski definition) is 4. The van der Waals surface area contributed by atoms with Crippen LogP contribution in [0.15, 0.2) is 42.5 Å². The summed E-state index contributed by atoms with van der Waals surface area (Å²) in [5.41, 5.74) is 5.24. The van der Waals surface area contributed by atoms with Crippen LogP contribution in [-0.4, -0.2) is 30.8 Å². The molecule has 0 aliphatic heterocycles. The first-order valence-corrected chi connectivity index (χ1v) is 7.54. The molecule has 2 aromatic heterocycles. The van der Waals surface area contributed by atoms with Crippen LogP contribution in [0.25, 0.3) is 33.5 Å². The molecule has 2 N–H and O–H groups in total. The van der Waals surface area contributed by atoms with Gasteiger partial charge in [-0.15, -0.1) is 10.2 Å². The van der Waals surface area contributed by atoms with Crippen LogP contribution in [0.3, 0.4) is 0 Å². The molecule has 0 saturated heterocycles. The fourth-order valence-electron chi connectivity index (χ4n) is 2.68. The molecule has 0 saturated carbocycles. The molecule has 0 spiro atoms. The number of aromatic amines is 2. The van der Waals surface area contributed by atoms with E-state index in [0.29, 0.717) is 11.7 Å². The summed E-state index contributed by atoms with van der Waals surface area (Å²) < 4.78 is 0. The topological polar surface area (TPSA) is 83.1 Å². The smallest absolute Gasteiger partial charge is 0.204 e. The minimum Gasteiger partial charge on any atom is -0.277 e. The summed E-state index contributed by atoms with van der Waals surface area (Å²) in [4.78, 5) is 0. The van der Waals surface area contributed by atoms with Crippen molar-refractivity contribution in [3.8, 4) is 22.6 Å². The molecule has 114 valence electrons. The highest BCUT2D eigenvalue weighted by molar-refractivity contribution is 5.95. The molecule has 4 rings (SSSR count). The van der Waals surface area contributed by atoms with Gasteiger partial charge in [-0.25, -0.2) is 0 Å². The molecule has 2 aromatic carbocycles. The standard InChI is InChI=1S/C17H16N6/c1-10(2)11-3-5-12(6-4-11)16-14-9-13(17-20-22-23-21-17)7-8-15(14)18-19-16/h3-10H,1-2H3,(H,18,19)(H,20,21,22,23). The number of nitrogens with zero attached hydrogens (tertiary/aromatic N) is 4. The van der Waals surface area contributed by atoms with E-state index in [1.807, 2.05) is 18.2 Å². The first kappa shape index (κ1) is 13.6. The predicted molar refractivity (Wildman–Crippen MR) is 88.8 cm³/mol. The quantitative estimate of drug-likeness (QED) is 0.606. The highest BCUT2D eigenvalue weighted by Gasteiger charge is 2.11. The zero-order valence-corrected chi connectivity index (χ0v) is 12.9. The largest absolute Gasteiger partial charge is 0.277 e. The maximum Gasteiger partial charge on any atom is 0.204 e. The molecular weight excluding hydrogens is 288 g/mol. The van der Waals surface area contributed by atoms with Crippen molar-refractivity contribution in [3.63, 3.8) is 0 Å². The van der Waals surface area contributed by atoms with Crippen molar-refractivity contribution in [3.05, 3.63) is 48.0 Å². The SMILES string of the molecule is CC(C)c1ccc(-c2n[nH]c3ccc(-c4nn[nH]n4)cc23)cc1. The second-order valence-electron chi connectivity index (χ2n) is 5.84. The van der Waals surface area contributed by atoms with Crippen LogP contribution in [0.1, 0.15) is 25.3 Å². The first-order chi connectivity index (χ1) is 11.2. The highest BCUT2D eigenvalue weighted by Crippen LogP contribution is 2.30. The van der Waals surface area contributed by atoms with Gasteiger partial charge in [-0.2, -0.15) is 10.3 Å². The predicted octanol–water partition coefficient (Wildman–Crippen LogP) is 3.53. The molecule has 6 nitrogen and oxygen atoms in total. The number of benzene rings is 2. The van der Waals surface area contributed by atoms with Crippen molar-refractivity contribution in [2.24, 2.45) is 0 Å². The van der Waals surface area contributed by atoms with E-state index >= 15 is 0 Å². The zero-order valence-electron chi connectivity index (χ0n) is 12.9. The lowest BCUT2D eigenvalue weighted by atomic mass is 9.99. The lowest BCUT2D eigenvalue weighted by molar-refractivity contribution is 0.867. The number of rotatable bonds is 3. The zero-order chi connectivity index (χ0) is 15.8. The van der Waals surface area contributed by atoms with Gasteiger partial charge in [0.1, 0.15) is 0 Å². The van der Waals surface area contributed by atoms with Crippen molar-refractivity contribution in [1.29, 1.82) is 0 Å². The number of nitrogens with one attached hydrogen (secondary N) is 2. The number of tetrazole rings is 1. The fraction of sp³-hybridized carbons (Fsp3) is 0.176. The van der Waals surface area contributed by atoms with Gasteiger partial charge in [0.05, 0.1) is 11.2 Å². The van der Waals surface area contributed by atoms with Crippen molar-refractivity contribution >= 4 is 10.9 Å². The van der Waals surface area contributed by atoms with E-state index in [0.717, 1.165) is 27.7 Å². The minimum atomic E-state index is 0.518. The Morgan fingerprint density at radius 1 is 0.913 bits per heavy atom. The van der Waals surface area contributed by atoms with Crippen molar-refractivity contribution < 1.29 is 0 Å². The summed E-state index contributed by atoms with van der Waals surface area (Å²) in [6, 6.07) is 14.5. The van der Waals surface area contributed by atoms with Crippen molar-refractivity contribution in [2.75, 3.05) is 0 Å². The second-order valence-corrected chi connectivity index (χ2v) is 5.84. The van der Waals surface area contributed by atoms with Crippen LogP contribution in [0, 0.1) is 0 Å². The fourth-order valence-corrected chi connectivity index (χ4v) is 2.68. The first-order valence-electron chi connectivity index (χ1n) is 7.54. The Hall–Kier alpha value is -3.02. The molecule has 0 aliphatic carbocycles. The van der Waals surface area contributed by atoms with E-state index in [2.05, 4.69) is 68.9 Å². The summed E-state index contributed by atoms with van der Waals surface area (Å²) >= 11 is 0. The van der Waals surface area contributed by atoms with Gasteiger partial charge in [0, 0.05) is 16.5 Å². The van der Waals surface area contributed by atoms with E-state index in [-0.39, 0.29) is 0 Å². The summed E-state index contributed by atoms with van der Waals surface area (Å²) in [6.45, 7) is 4.38. The molecular formula is C17H16N6. The van der Waals surface area contributed by atoms with Gasteiger partial charge in [-0.1, -0.05) is 38.1 Å². The van der Waals surface area contributed by atoms with Crippen LogP contribution < -0.4 is 0 Å². The molecule has 23 heavy (non-hydrogen) atoms. The Morgan fingerprint density at radius 3 is 2.39 bits per heavy atom. The summed E-state index contributed by atoms with van der Waals surface area (Å²) in [5.74, 6) is 1.10. The monoisotopic (exact) mass is 304 g/mol. The Labute approximate surface area is 132 Å². The number of hydrogen-bond donors (Lipinski definition) is 2. The van der Waals surface area contributed by atoms with E-state index in [4.69, 9.17) is 0 Å². The molecule has 0 bridgehead atoms. The second kappa shape index (κ2) is 5.31. The average molecular weight is 304 g/mol. The third kappa shape index (κ3) is 2.38. The van der Waals surface area contributed by atoms with Crippen molar-refractivity contribution in [1.82, 2.24) is 30.8 Å². The summed E-state index contributed by atoms with van der Waals surface area (Å²) in [5, 5.41) is 22.8. The maximum absolute atomic E-state index is 4.47. The van der Waals surface area contributed by atoms with E-state index < -0.39 is 0 Å². The maximum atomic E-state index is 4.47. The lowest BCUT2D eigenvalue weighted by Crippen LogP contribution is -1.87. The number of H-pyrrole nitrogens is 2. The number of fused-ring (bicyclic) bond motifs is 1. The van der Waals surface area contributed by atoms with E-state index in [1.54, 1.807) is 0 Å². The van der Waals surface area contributed by atoms with Crippen LogP contribution >= 0.6 is 0 Å². The molecule has 0 aliphatic rings. The van der Waals surface area contributed by atoms with Gasteiger partial charge in [-0.3, -0.25) is 5.10 Å². The Kier molecular flexibility index (Phi) is 3.15. The molecule has 4 aromatic rings. The molecule has 0 atom stereocenters. The molecule has 2 heterocycles. The van der Waals surface area contributed by atoms with Gasteiger partial charge in [0.25, 0.3) is 0 Å². The third-order valence-corrected chi connectivity index (χ3v) is 4.02. The highest BCUT2D eigenvalue weighted by atomic mass is 15.5. The van der Waals surface area contributed by atoms with Gasteiger partial charge in [0.2, 0.25) is 5.82 Å². The van der Waals surface area contributed by atoms with E-state index in [9.17, 15) is 0 Å². The van der Waals surface area contributed by atoms with Crippen LogP contribution in [0.4, 0.5) is 0 Å². The van der Waals surface area contributed by atoms with Crippen LogP contribution in [-0.2, 0) is 0 Å². The van der Waals surface area contributed by atoms with Gasteiger partial charge < -0.3 is 0 Å². The molecule has 0 unspecified atom stereocenters. The summed E-state index contributed by atoms with van der Waals surface area (Å²) in [7, 11) is 0. The Balaban J connectivity index is 1.82. The average Bonchev–Trinajstić information content (AvgIpc) is 3.24. The van der Waals surface area contributed by atoms with Crippen LogP contribution in [0.5, 0.6) is 0 Å².